The maximum absolute atomic E-state index is 13.8. The van der Waals surface area contributed by atoms with Crippen LogP contribution in [0.1, 0.15) is 28.4 Å². The number of nitriles is 2. The highest BCUT2D eigenvalue weighted by atomic mass is 35.5. The maximum Gasteiger partial charge on any atom is 0.249 e. The molecule has 5 rings (SSSR count). The van der Waals surface area contributed by atoms with Crippen LogP contribution in [0.25, 0.3) is 10.9 Å². The molecule has 0 spiro atoms. The molecular formula is C25H14ClF2N9. The van der Waals surface area contributed by atoms with Crippen molar-refractivity contribution >= 4 is 39.6 Å². The molecule has 0 fully saturated rings. The van der Waals surface area contributed by atoms with E-state index >= 15 is 0 Å². The first-order valence-electron chi connectivity index (χ1n) is 10.7. The monoisotopic (exact) mass is 513 g/mol. The van der Waals surface area contributed by atoms with Gasteiger partial charge < -0.3 is 10.6 Å². The molecule has 1 unspecified atom stereocenters. The highest BCUT2D eigenvalue weighted by Crippen LogP contribution is 2.36. The number of hydrogen-bond acceptors (Lipinski definition) is 8. The molecule has 0 radical (unpaired) electrons. The van der Waals surface area contributed by atoms with Crippen molar-refractivity contribution in [3.05, 3.63) is 100 Å². The lowest BCUT2D eigenvalue weighted by atomic mass is 10.0. The molecule has 3 heterocycles. The van der Waals surface area contributed by atoms with E-state index in [-0.39, 0.29) is 16.3 Å². The number of rotatable bonds is 6. The van der Waals surface area contributed by atoms with Crippen LogP contribution in [0.2, 0.25) is 5.02 Å². The molecule has 0 aliphatic carbocycles. The fourth-order valence-corrected chi connectivity index (χ4v) is 4.06. The summed E-state index contributed by atoms with van der Waals surface area (Å²) in [6, 6.07) is 15.0. The smallest absolute Gasteiger partial charge is 0.249 e. The summed E-state index contributed by atoms with van der Waals surface area (Å²) in [7, 11) is 0. The number of nitrogens with zero attached hydrogens (tertiary/aromatic N) is 6. The quantitative estimate of drug-likeness (QED) is 0.257. The SMILES string of the molecule is N#Cc1ccc(C(Nc2cc(Cl)c3ncc(C#N)c(Nc4cnc(F)c(F)c4)c3c2)c2c[nH]nn2)cc1. The number of halogens is 3. The lowest BCUT2D eigenvalue weighted by Gasteiger charge is -2.20. The molecule has 12 heteroatoms. The van der Waals surface area contributed by atoms with Crippen LogP contribution >= 0.6 is 11.6 Å². The topological polar surface area (TPSA) is 139 Å². The van der Waals surface area contributed by atoms with Gasteiger partial charge in [0.1, 0.15) is 11.8 Å². The largest absolute Gasteiger partial charge is 0.373 e. The first-order chi connectivity index (χ1) is 18.0. The van der Waals surface area contributed by atoms with Crippen molar-refractivity contribution in [1.82, 2.24) is 25.4 Å². The Balaban J connectivity index is 1.60. The zero-order valence-corrected chi connectivity index (χ0v) is 19.4. The molecule has 0 aliphatic rings. The Bertz CT molecular complexity index is 1690. The van der Waals surface area contributed by atoms with E-state index in [0.29, 0.717) is 33.5 Å². The number of aromatic nitrogens is 5. The summed E-state index contributed by atoms with van der Waals surface area (Å²) >= 11 is 6.57. The minimum Gasteiger partial charge on any atom is -0.373 e. The molecule has 180 valence electrons. The average molecular weight is 514 g/mol. The van der Waals surface area contributed by atoms with Crippen LogP contribution in [-0.2, 0) is 0 Å². The molecule has 9 nitrogen and oxygen atoms in total. The number of H-pyrrole nitrogens is 1. The van der Waals surface area contributed by atoms with Crippen LogP contribution in [-0.4, -0.2) is 25.4 Å². The summed E-state index contributed by atoms with van der Waals surface area (Å²) in [5.41, 5.74) is 3.42. The van der Waals surface area contributed by atoms with Gasteiger partial charge in [0.15, 0.2) is 5.82 Å². The van der Waals surface area contributed by atoms with Crippen LogP contribution in [0.3, 0.4) is 0 Å². The van der Waals surface area contributed by atoms with Gasteiger partial charge in [-0.3, -0.25) is 10.1 Å². The molecule has 0 saturated carbocycles. The zero-order chi connectivity index (χ0) is 25.9. The summed E-state index contributed by atoms with van der Waals surface area (Å²) in [5, 5.41) is 36.5. The number of hydrogen-bond donors (Lipinski definition) is 3. The van der Waals surface area contributed by atoms with Crippen molar-refractivity contribution in [2.45, 2.75) is 6.04 Å². The third kappa shape index (κ3) is 4.72. The van der Waals surface area contributed by atoms with Crippen molar-refractivity contribution in [1.29, 1.82) is 10.5 Å². The summed E-state index contributed by atoms with van der Waals surface area (Å²) in [6.45, 7) is 0. The molecular weight excluding hydrogens is 500 g/mol. The van der Waals surface area contributed by atoms with Crippen molar-refractivity contribution < 1.29 is 8.78 Å². The number of pyridine rings is 2. The molecule has 0 saturated heterocycles. The van der Waals surface area contributed by atoms with Crippen LogP contribution in [0.5, 0.6) is 0 Å². The minimum atomic E-state index is -1.23. The van der Waals surface area contributed by atoms with Gasteiger partial charge in [-0.1, -0.05) is 28.9 Å². The van der Waals surface area contributed by atoms with Gasteiger partial charge in [0, 0.05) is 29.5 Å². The van der Waals surface area contributed by atoms with E-state index in [1.807, 2.05) is 6.07 Å². The fourth-order valence-electron chi connectivity index (χ4n) is 3.79. The third-order valence-electron chi connectivity index (χ3n) is 5.53. The van der Waals surface area contributed by atoms with Crippen molar-refractivity contribution in [2.24, 2.45) is 0 Å². The van der Waals surface area contributed by atoms with Crippen LogP contribution in [0, 0.1) is 34.4 Å². The molecule has 0 aliphatic heterocycles. The molecule has 2 aromatic carbocycles. The predicted octanol–water partition coefficient (Wildman–Crippen LogP) is 5.37. The molecule has 0 amide bonds. The van der Waals surface area contributed by atoms with Crippen molar-refractivity contribution in [3.8, 4) is 12.1 Å². The second kappa shape index (κ2) is 9.85. The normalized spacial score (nSPS) is 11.5. The molecule has 1 atom stereocenters. The second-order valence-corrected chi connectivity index (χ2v) is 8.25. The van der Waals surface area contributed by atoms with E-state index in [0.717, 1.165) is 17.8 Å². The number of nitrogens with one attached hydrogen (secondary N) is 3. The van der Waals surface area contributed by atoms with E-state index in [1.54, 1.807) is 42.6 Å². The molecule has 3 aromatic heterocycles. The first-order valence-corrected chi connectivity index (χ1v) is 11.1. The lowest BCUT2D eigenvalue weighted by molar-refractivity contribution is 0.480. The number of fused-ring (bicyclic) bond motifs is 1. The Morgan fingerprint density at radius 2 is 1.78 bits per heavy atom. The Hall–Kier alpha value is -5.13. The van der Waals surface area contributed by atoms with E-state index in [9.17, 15) is 14.0 Å². The highest BCUT2D eigenvalue weighted by molar-refractivity contribution is 6.36. The summed E-state index contributed by atoms with van der Waals surface area (Å²) in [4.78, 5) is 7.69. The minimum absolute atomic E-state index is 0.135. The van der Waals surface area contributed by atoms with Crippen LogP contribution in [0.15, 0.2) is 61.1 Å². The van der Waals surface area contributed by atoms with Gasteiger partial charge in [-0.05, 0) is 29.8 Å². The van der Waals surface area contributed by atoms with Crippen LogP contribution in [0.4, 0.5) is 25.8 Å². The Labute approximate surface area is 213 Å². The van der Waals surface area contributed by atoms with Crippen molar-refractivity contribution in [2.75, 3.05) is 10.6 Å². The standard InChI is InChI=1S/C25H14ClF2N9/c26-19-6-16(34-23(21-12-33-37-36-21)14-3-1-13(8-29)2-4-14)5-18-22(15(9-30)10-31-24(18)19)35-17-7-20(27)25(28)32-11-17/h1-7,10-12,23,34H,(H,31,35)(H,33,36,37). The molecule has 5 aromatic rings. The van der Waals surface area contributed by atoms with Gasteiger partial charge in [0.25, 0.3) is 0 Å². The lowest BCUT2D eigenvalue weighted by Crippen LogP contribution is -2.13. The van der Waals surface area contributed by atoms with E-state index in [1.165, 1.54) is 6.20 Å². The third-order valence-corrected chi connectivity index (χ3v) is 5.81. The average Bonchev–Trinajstić information content (AvgIpc) is 3.45. The van der Waals surface area contributed by atoms with Gasteiger partial charge in [0.2, 0.25) is 5.95 Å². The van der Waals surface area contributed by atoms with Gasteiger partial charge >= 0.3 is 0 Å². The summed E-state index contributed by atoms with van der Waals surface area (Å²) in [6.07, 6.45) is 4.09. The number of benzene rings is 2. The van der Waals surface area contributed by atoms with E-state index in [4.69, 9.17) is 16.9 Å². The zero-order valence-electron chi connectivity index (χ0n) is 18.7. The molecule has 37 heavy (non-hydrogen) atoms. The maximum atomic E-state index is 13.8. The second-order valence-electron chi connectivity index (χ2n) is 7.84. The summed E-state index contributed by atoms with van der Waals surface area (Å²) < 4.78 is 27.1. The van der Waals surface area contributed by atoms with Crippen LogP contribution < -0.4 is 10.6 Å². The van der Waals surface area contributed by atoms with Crippen molar-refractivity contribution in [3.63, 3.8) is 0 Å². The van der Waals surface area contributed by atoms with E-state index < -0.39 is 17.8 Å². The van der Waals surface area contributed by atoms with E-state index in [2.05, 4.69) is 42.1 Å². The Morgan fingerprint density at radius 1 is 0.973 bits per heavy atom. The molecule has 3 N–H and O–H groups in total. The van der Waals surface area contributed by atoms with Gasteiger partial charge in [-0.2, -0.15) is 14.9 Å². The van der Waals surface area contributed by atoms with Gasteiger partial charge in [0.05, 0.1) is 51.3 Å². The first kappa shape index (κ1) is 23.6. The fraction of sp³-hybridized carbons (Fsp3) is 0.0400. The molecule has 0 bridgehead atoms. The number of aromatic amines is 1. The van der Waals surface area contributed by atoms with Gasteiger partial charge in [-0.15, -0.1) is 5.10 Å². The predicted molar refractivity (Wildman–Crippen MR) is 132 cm³/mol. The van der Waals surface area contributed by atoms with Gasteiger partial charge in [-0.25, -0.2) is 9.37 Å². The highest BCUT2D eigenvalue weighted by Gasteiger charge is 2.20. The summed E-state index contributed by atoms with van der Waals surface area (Å²) in [5.74, 6) is -2.37. The Morgan fingerprint density at radius 3 is 2.46 bits per heavy atom. The Kier molecular flexibility index (Phi) is 6.29. The number of anilines is 3.